The fraction of sp³-hybridized carbons (Fsp3) is 0.231. The Morgan fingerprint density at radius 2 is 1.79 bits per heavy atom. The van der Waals surface area contributed by atoms with E-state index in [2.05, 4.69) is 17.6 Å². The molecule has 0 saturated carbocycles. The molecule has 1 unspecified atom stereocenters. The third kappa shape index (κ3) is 5.15. The van der Waals surface area contributed by atoms with E-state index in [9.17, 15) is 9.59 Å². The Kier molecular flexibility index (Phi) is 7.21. The van der Waals surface area contributed by atoms with Crippen molar-refractivity contribution in [1.82, 2.24) is 10.2 Å². The summed E-state index contributed by atoms with van der Waals surface area (Å²) in [4.78, 5) is 27.2. The number of fused-ring (bicyclic) bond motifs is 1. The predicted molar refractivity (Wildman–Crippen MR) is 133 cm³/mol. The Labute approximate surface area is 203 Å². The average Bonchev–Trinajstić information content (AvgIpc) is 3.07. The van der Waals surface area contributed by atoms with Gasteiger partial charge in [-0.1, -0.05) is 54.4 Å². The first-order valence-electron chi connectivity index (χ1n) is 11.0. The maximum Gasteiger partial charge on any atom is 0.256 e. The summed E-state index contributed by atoms with van der Waals surface area (Å²) < 4.78 is 0. The minimum Gasteiger partial charge on any atom is -0.361 e. The van der Waals surface area contributed by atoms with Crippen LogP contribution in [0.25, 0.3) is 0 Å². The molecule has 7 heteroatoms. The van der Waals surface area contributed by atoms with Crippen molar-refractivity contribution in [3.8, 4) is 0 Å². The van der Waals surface area contributed by atoms with Gasteiger partial charge in [0.15, 0.2) is 0 Å². The third-order valence-electron chi connectivity index (χ3n) is 5.67. The first-order valence-corrected chi connectivity index (χ1v) is 11.7. The molecule has 5 nitrogen and oxygen atoms in total. The van der Waals surface area contributed by atoms with Gasteiger partial charge in [-0.05, 0) is 60.9 Å². The van der Waals surface area contributed by atoms with Gasteiger partial charge in [-0.25, -0.2) is 0 Å². The van der Waals surface area contributed by atoms with Crippen LogP contribution in [0.5, 0.6) is 0 Å². The Morgan fingerprint density at radius 1 is 1.03 bits per heavy atom. The molecule has 2 N–H and O–H groups in total. The van der Waals surface area contributed by atoms with Crippen LogP contribution >= 0.6 is 23.2 Å². The summed E-state index contributed by atoms with van der Waals surface area (Å²) >= 11 is 12.1. The molecular weight excluding hydrogens is 457 g/mol. The van der Waals surface area contributed by atoms with Crippen LogP contribution in [0.3, 0.4) is 0 Å². The second-order valence-electron chi connectivity index (χ2n) is 7.95. The molecule has 3 aromatic rings. The van der Waals surface area contributed by atoms with Crippen molar-refractivity contribution in [3.05, 3.63) is 99.0 Å². The maximum absolute atomic E-state index is 12.8. The summed E-state index contributed by atoms with van der Waals surface area (Å²) in [6, 6.07) is 20.3. The summed E-state index contributed by atoms with van der Waals surface area (Å²) in [5.41, 5.74) is 4.05. The molecule has 2 amide bonds. The van der Waals surface area contributed by atoms with Crippen molar-refractivity contribution < 1.29 is 9.59 Å². The molecule has 0 radical (unpaired) electrons. The molecule has 3 aromatic carbocycles. The second-order valence-corrected chi connectivity index (χ2v) is 8.80. The zero-order chi connectivity index (χ0) is 23.4. The first kappa shape index (κ1) is 23.1. The van der Waals surface area contributed by atoms with Gasteiger partial charge in [-0.15, -0.1) is 0 Å². The van der Waals surface area contributed by atoms with Gasteiger partial charge in [0.1, 0.15) is 6.17 Å². The maximum atomic E-state index is 12.8. The molecule has 1 atom stereocenters. The normalized spacial score (nSPS) is 14.8. The fourth-order valence-corrected chi connectivity index (χ4v) is 4.51. The number of carbonyl (C=O) groups excluding carboxylic acids is 2. The molecule has 170 valence electrons. The number of hydrogen-bond acceptors (Lipinski definition) is 3. The molecule has 1 aliphatic heterocycles. The number of halogens is 2. The molecule has 0 aliphatic carbocycles. The van der Waals surface area contributed by atoms with Crippen molar-refractivity contribution in [3.63, 3.8) is 0 Å². The Bertz CT molecular complexity index is 1160. The Balaban J connectivity index is 1.38. The van der Waals surface area contributed by atoms with E-state index in [0.717, 1.165) is 28.8 Å². The topological polar surface area (TPSA) is 61.4 Å². The molecule has 0 fully saturated rings. The number of nitrogens with zero attached hydrogens (tertiary/aromatic N) is 1. The van der Waals surface area contributed by atoms with Gasteiger partial charge in [0.2, 0.25) is 0 Å². The van der Waals surface area contributed by atoms with Gasteiger partial charge < -0.3 is 15.5 Å². The summed E-state index contributed by atoms with van der Waals surface area (Å²) in [5.74, 6) is -0.109. The zero-order valence-electron chi connectivity index (χ0n) is 18.3. The van der Waals surface area contributed by atoms with E-state index in [4.69, 9.17) is 23.2 Å². The van der Waals surface area contributed by atoms with Gasteiger partial charge in [-0.2, -0.15) is 0 Å². The van der Waals surface area contributed by atoms with Crippen molar-refractivity contribution in [2.45, 2.75) is 25.9 Å². The van der Waals surface area contributed by atoms with Gasteiger partial charge in [0.05, 0.1) is 0 Å². The Hall–Kier alpha value is -3.02. The number of carbonyl (C=O) groups is 2. The monoisotopic (exact) mass is 481 g/mol. The van der Waals surface area contributed by atoms with Crippen molar-refractivity contribution in [2.75, 3.05) is 18.4 Å². The van der Waals surface area contributed by atoms with Gasteiger partial charge in [0.25, 0.3) is 11.8 Å². The fourth-order valence-electron chi connectivity index (χ4n) is 4.01. The van der Waals surface area contributed by atoms with Crippen molar-refractivity contribution in [1.29, 1.82) is 0 Å². The molecule has 0 spiro atoms. The molecule has 33 heavy (non-hydrogen) atoms. The number of hydrogen-bond donors (Lipinski definition) is 2. The summed E-state index contributed by atoms with van der Waals surface area (Å²) in [6.45, 7) is 3.19. The number of amides is 2. The third-order valence-corrected chi connectivity index (χ3v) is 6.26. The minimum absolute atomic E-state index is 0.0433. The molecule has 0 bridgehead atoms. The van der Waals surface area contributed by atoms with Crippen LogP contribution in [0.4, 0.5) is 5.69 Å². The van der Waals surface area contributed by atoms with E-state index < -0.39 is 0 Å². The van der Waals surface area contributed by atoms with E-state index in [1.54, 1.807) is 24.3 Å². The SMILES string of the molecule is CCCN1C(=O)c2ccccc2C1Nc1ccc(C(=O)NCCc2ccc(Cl)cc2Cl)cc1. The number of benzene rings is 3. The van der Waals surface area contributed by atoms with Crippen LogP contribution in [0.15, 0.2) is 66.7 Å². The van der Waals surface area contributed by atoms with Crippen LogP contribution in [0, 0.1) is 0 Å². The van der Waals surface area contributed by atoms with Gasteiger partial charge >= 0.3 is 0 Å². The van der Waals surface area contributed by atoms with E-state index in [-0.39, 0.29) is 18.0 Å². The van der Waals surface area contributed by atoms with Crippen LogP contribution in [0.2, 0.25) is 10.0 Å². The van der Waals surface area contributed by atoms with E-state index in [1.165, 1.54) is 0 Å². The lowest BCUT2D eigenvalue weighted by atomic mass is 10.1. The highest BCUT2D eigenvalue weighted by atomic mass is 35.5. The van der Waals surface area contributed by atoms with E-state index in [1.807, 2.05) is 47.4 Å². The van der Waals surface area contributed by atoms with Gasteiger partial charge in [-0.3, -0.25) is 9.59 Å². The average molecular weight is 482 g/mol. The van der Waals surface area contributed by atoms with Crippen molar-refractivity contribution in [2.24, 2.45) is 0 Å². The van der Waals surface area contributed by atoms with Crippen LogP contribution < -0.4 is 10.6 Å². The van der Waals surface area contributed by atoms with E-state index >= 15 is 0 Å². The lowest BCUT2D eigenvalue weighted by Gasteiger charge is -2.26. The summed E-state index contributed by atoms with van der Waals surface area (Å²) in [6.07, 6.45) is 1.26. The van der Waals surface area contributed by atoms with Crippen LogP contribution in [-0.2, 0) is 6.42 Å². The summed E-state index contributed by atoms with van der Waals surface area (Å²) in [5, 5.41) is 7.55. The summed E-state index contributed by atoms with van der Waals surface area (Å²) in [7, 11) is 0. The molecule has 4 rings (SSSR count). The standard InChI is InChI=1S/C26H25Cl2N3O2/c1-2-15-31-24(21-5-3-4-6-22(21)26(31)33)30-20-11-8-18(9-12-20)25(32)29-14-13-17-7-10-19(27)16-23(17)28/h3-12,16,24,30H,2,13-15H2,1H3,(H,29,32). The smallest absolute Gasteiger partial charge is 0.256 e. The minimum atomic E-state index is -0.225. The zero-order valence-corrected chi connectivity index (χ0v) is 19.8. The Morgan fingerprint density at radius 3 is 2.52 bits per heavy atom. The lowest BCUT2D eigenvalue weighted by molar-refractivity contribution is 0.0743. The van der Waals surface area contributed by atoms with Crippen LogP contribution in [-0.4, -0.2) is 29.8 Å². The van der Waals surface area contributed by atoms with Gasteiger partial charge in [0, 0.05) is 45.5 Å². The molecular formula is C26H25Cl2N3O2. The number of nitrogens with one attached hydrogen (secondary N) is 2. The highest BCUT2D eigenvalue weighted by molar-refractivity contribution is 6.35. The predicted octanol–water partition coefficient (Wildman–Crippen LogP) is 5.94. The first-order chi connectivity index (χ1) is 16.0. The highest BCUT2D eigenvalue weighted by Crippen LogP contribution is 2.34. The molecule has 0 aromatic heterocycles. The highest BCUT2D eigenvalue weighted by Gasteiger charge is 2.35. The lowest BCUT2D eigenvalue weighted by Crippen LogP contribution is -2.33. The largest absolute Gasteiger partial charge is 0.361 e. The number of anilines is 1. The molecule has 0 saturated heterocycles. The number of rotatable bonds is 8. The van der Waals surface area contributed by atoms with E-state index in [0.29, 0.717) is 35.1 Å². The molecule has 1 heterocycles. The quantitative estimate of drug-likeness (QED) is 0.418. The van der Waals surface area contributed by atoms with Crippen molar-refractivity contribution >= 4 is 40.7 Å². The van der Waals surface area contributed by atoms with Crippen LogP contribution in [0.1, 0.15) is 51.4 Å². The second kappa shape index (κ2) is 10.3. The molecule has 1 aliphatic rings.